The second kappa shape index (κ2) is 14.5. The zero-order chi connectivity index (χ0) is 31.7. The Labute approximate surface area is 236 Å². The third kappa shape index (κ3) is 10.9. The molecule has 16 heteroatoms. The molecule has 0 aromatic heterocycles. The second-order valence-corrected chi connectivity index (χ2v) is 9.13. The van der Waals surface area contributed by atoms with Crippen molar-refractivity contribution in [3.63, 3.8) is 0 Å². The molecular formula is C26H29F6N5O5. The number of hydrogen-bond donors (Lipinski definition) is 6. The van der Waals surface area contributed by atoms with Crippen LogP contribution < -0.4 is 26.4 Å². The first-order valence-corrected chi connectivity index (χ1v) is 12.4. The SMILES string of the molecule is CC(NC(=O)CC(=O)Nc1ccc(C(=N)N)cc1)c1ccc(OC2CCNCC2)c(C(F)(F)F)c1.O=C(O)C(F)(F)F. The molecule has 0 saturated carbocycles. The highest BCUT2D eigenvalue weighted by Crippen LogP contribution is 2.38. The summed E-state index contributed by atoms with van der Waals surface area (Å²) >= 11 is 0. The highest BCUT2D eigenvalue weighted by molar-refractivity contribution is 6.04. The van der Waals surface area contributed by atoms with Crippen molar-refractivity contribution in [2.24, 2.45) is 5.73 Å². The molecule has 0 radical (unpaired) electrons. The van der Waals surface area contributed by atoms with E-state index >= 15 is 0 Å². The lowest BCUT2D eigenvalue weighted by atomic mass is 10.0. The molecule has 2 aromatic rings. The Morgan fingerprint density at radius 3 is 2.12 bits per heavy atom. The molecule has 1 fully saturated rings. The highest BCUT2D eigenvalue weighted by Gasteiger charge is 2.38. The van der Waals surface area contributed by atoms with Crippen LogP contribution in [0.1, 0.15) is 48.9 Å². The van der Waals surface area contributed by atoms with Crippen LogP contribution in [-0.2, 0) is 20.6 Å². The maximum Gasteiger partial charge on any atom is 0.490 e. The van der Waals surface area contributed by atoms with Crippen LogP contribution in [0.4, 0.5) is 32.0 Å². The molecule has 1 aliphatic heterocycles. The maximum atomic E-state index is 13.7. The number of aliphatic carboxylic acids is 1. The van der Waals surface area contributed by atoms with Crippen molar-refractivity contribution < 1.29 is 50.6 Å². The van der Waals surface area contributed by atoms with Gasteiger partial charge in [-0.15, -0.1) is 0 Å². The smallest absolute Gasteiger partial charge is 0.490 e. The van der Waals surface area contributed by atoms with Crippen molar-refractivity contribution >= 4 is 29.3 Å². The van der Waals surface area contributed by atoms with Gasteiger partial charge in [-0.3, -0.25) is 15.0 Å². The molecule has 7 N–H and O–H groups in total. The van der Waals surface area contributed by atoms with E-state index < -0.39 is 48.2 Å². The third-order valence-electron chi connectivity index (χ3n) is 5.81. The molecule has 1 aliphatic rings. The molecule has 0 bridgehead atoms. The fourth-order valence-corrected chi connectivity index (χ4v) is 3.69. The van der Waals surface area contributed by atoms with Crippen LogP contribution >= 0.6 is 0 Å². The van der Waals surface area contributed by atoms with Crippen molar-refractivity contribution in [1.82, 2.24) is 10.6 Å². The summed E-state index contributed by atoms with van der Waals surface area (Å²) in [5.41, 5.74) is 5.62. The lowest BCUT2D eigenvalue weighted by molar-refractivity contribution is -0.192. The van der Waals surface area contributed by atoms with Crippen LogP contribution in [0, 0.1) is 5.41 Å². The Kier molecular flexibility index (Phi) is 11.7. The van der Waals surface area contributed by atoms with Crippen LogP contribution in [0.2, 0.25) is 0 Å². The summed E-state index contributed by atoms with van der Waals surface area (Å²) in [5, 5.41) is 22.7. The van der Waals surface area contributed by atoms with Crippen molar-refractivity contribution in [2.75, 3.05) is 18.4 Å². The van der Waals surface area contributed by atoms with E-state index in [0.717, 1.165) is 6.07 Å². The largest absolute Gasteiger partial charge is 0.490 e. The molecule has 1 saturated heterocycles. The summed E-state index contributed by atoms with van der Waals surface area (Å²) < 4.78 is 78.5. The monoisotopic (exact) mass is 605 g/mol. The summed E-state index contributed by atoms with van der Waals surface area (Å²) in [4.78, 5) is 33.4. The fourth-order valence-electron chi connectivity index (χ4n) is 3.69. The quantitative estimate of drug-likeness (QED) is 0.115. The van der Waals surface area contributed by atoms with Gasteiger partial charge < -0.3 is 31.5 Å². The Morgan fingerprint density at radius 2 is 1.62 bits per heavy atom. The molecule has 3 rings (SSSR count). The standard InChI is InChI=1S/C24H28F3N5O3.C2HF3O2/c1-14(31-21(33)13-22(34)32-17-5-2-15(3-6-17)23(28)29)16-4-7-20(19(12-16)24(25,26)27)35-18-8-10-30-11-9-18;3-2(4,5)1(6)7/h2-7,12,14,18,30H,8-11,13H2,1H3,(H3,28,29)(H,31,33)(H,32,34);(H,6,7). The van der Waals surface area contributed by atoms with Gasteiger partial charge in [0.15, 0.2) is 0 Å². The van der Waals surface area contributed by atoms with E-state index in [4.69, 9.17) is 25.8 Å². The number of halogens is 6. The number of nitrogen functional groups attached to an aromatic ring is 1. The van der Waals surface area contributed by atoms with Crippen molar-refractivity contribution in [3.05, 3.63) is 59.2 Å². The summed E-state index contributed by atoms with van der Waals surface area (Å²) in [7, 11) is 0. The number of piperidine rings is 1. The van der Waals surface area contributed by atoms with Crippen LogP contribution in [0.5, 0.6) is 5.75 Å². The van der Waals surface area contributed by atoms with E-state index in [1.807, 2.05) is 0 Å². The Hall–Kier alpha value is -4.34. The lowest BCUT2D eigenvalue weighted by Crippen LogP contribution is -2.34. The molecule has 2 aromatic carbocycles. The number of carboxylic acid groups (broad SMARTS) is 1. The van der Waals surface area contributed by atoms with Gasteiger partial charge in [0, 0.05) is 11.3 Å². The van der Waals surface area contributed by atoms with Gasteiger partial charge in [0.2, 0.25) is 11.8 Å². The summed E-state index contributed by atoms with van der Waals surface area (Å²) in [6, 6.07) is 9.15. The average Bonchev–Trinajstić information content (AvgIpc) is 2.88. The molecule has 10 nitrogen and oxygen atoms in total. The van der Waals surface area contributed by atoms with E-state index in [9.17, 15) is 35.9 Å². The highest BCUT2D eigenvalue weighted by atomic mass is 19.4. The first-order chi connectivity index (χ1) is 19.5. The fraction of sp³-hybridized carbons (Fsp3) is 0.385. The molecule has 1 heterocycles. The number of hydrogen-bond acceptors (Lipinski definition) is 6. The van der Waals surface area contributed by atoms with Gasteiger partial charge in [0.1, 0.15) is 24.1 Å². The number of nitrogens with two attached hydrogens (primary N) is 1. The van der Waals surface area contributed by atoms with Gasteiger partial charge in [0.05, 0.1) is 11.6 Å². The van der Waals surface area contributed by atoms with E-state index in [1.165, 1.54) is 12.1 Å². The zero-order valence-electron chi connectivity index (χ0n) is 22.2. The molecule has 2 amide bonds. The van der Waals surface area contributed by atoms with Crippen molar-refractivity contribution in [1.29, 1.82) is 5.41 Å². The summed E-state index contributed by atoms with van der Waals surface area (Å²) in [6.07, 6.45) is -9.28. The minimum absolute atomic E-state index is 0.115. The van der Waals surface area contributed by atoms with Gasteiger partial charge in [0.25, 0.3) is 0 Å². The normalized spacial score (nSPS) is 14.5. The van der Waals surface area contributed by atoms with Crippen LogP contribution in [-0.4, -0.2) is 54.1 Å². The maximum absolute atomic E-state index is 13.7. The number of nitrogens with one attached hydrogen (secondary N) is 4. The van der Waals surface area contributed by atoms with Gasteiger partial charge in [-0.2, -0.15) is 26.3 Å². The van der Waals surface area contributed by atoms with E-state index in [2.05, 4.69) is 16.0 Å². The van der Waals surface area contributed by atoms with E-state index in [-0.39, 0.29) is 23.3 Å². The van der Waals surface area contributed by atoms with Crippen LogP contribution in [0.3, 0.4) is 0 Å². The van der Waals surface area contributed by atoms with Crippen LogP contribution in [0.25, 0.3) is 0 Å². The summed E-state index contributed by atoms with van der Waals surface area (Å²) in [6.45, 7) is 2.91. The van der Waals surface area contributed by atoms with Gasteiger partial charge in [-0.25, -0.2) is 4.79 Å². The number of rotatable bonds is 8. The molecule has 230 valence electrons. The number of ether oxygens (including phenoxy) is 1. The zero-order valence-corrected chi connectivity index (χ0v) is 22.2. The molecule has 1 atom stereocenters. The van der Waals surface area contributed by atoms with Crippen LogP contribution in [0.15, 0.2) is 42.5 Å². The number of carbonyl (C=O) groups excluding carboxylic acids is 2. The van der Waals surface area contributed by atoms with Crippen molar-refractivity contribution in [2.45, 2.75) is 50.7 Å². The Morgan fingerprint density at radius 1 is 1.05 bits per heavy atom. The third-order valence-corrected chi connectivity index (χ3v) is 5.81. The first kappa shape index (κ1) is 33.9. The van der Waals surface area contributed by atoms with Crippen molar-refractivity contribution in [3.8, 4) is 5.75 Å². The molecule has 0 aliphatic carbocycles. The predicted octanol–water partition coefficient (Wildman–Crippen LogP) is 3.96. The number of anilines is 1. The first-order valence-electron chi connectivity index (χ1n) is 12.4. The number of carbonyl (C=O) groups is 3. The molecule has 1 unspecified atom stereocenters. The van der Waals surface area contributed by atoms with Gasteiger partial charge in [-0.05, 0) is 74.8 Å². The van der Waals surface area contributed by atoms with Gasteiger partial charge in [-0.1, -0.05) is 6.07 Å². The number of carboxylic acids is 1. The second-order valence-electron chi connectivity index (χ2n) is 9.13. The number of amides is 2. The topological polar surface area (TPSA) is 167 Å². The van der Waals surface area contributed by atoms with Gasteiger partial charge >= 0.3 is 18.3 Å². The Balaban J connectivity index is 0.000000782. The van der Waals surface area contributed by atoms with E-state index in [0.29, 0.717) is 37.2 Å². The number of alkyl halides is 6. The number of benzene rings is 2. The number of amidine groups is 1. The minimum atomic E-state index is -5.08. The minimum Gasteiger partial charge on any atom is -0.490 e. The van der Waals surface area contributed by atoms with E-state index in [1.54, 1.807) is 31.2 Å². The lowest BCUT2D eigenvalue weighted by Gasteiger charge is -2.26. The summed E-state index contributed by atoms with van der Waals surface area (Å²) in [5.74, 6) is -4.34. The predicted molar refractivity (Wildman–Crippen MR) is 139 cm³/mol. The Bertz CT molecular complexity index is 1260. The average molecular weight is 606 g/mol. The molecule has 0 spiro atoms. The molecule has 42 heavy (non-hydrogen) atoms. The molecular weight excluding hydrogens is 576 g/mol.